The molecule has 1 unspecified atom stereocenters. The van der Waals surface area contributed by atoms with E-state index in [-0.39, 0.29) is 6.04 Å². The number of hydrogen-bond acceptors (Lipinski definition) is 8. The molecule has 0 aliphatic carbocycles. The fourth-order valence-electron chi connectivity index (χ4n) is 4.53. The lowest BCUT2D eigenvalue weighted by molar-refractivity contribution is 0.122. The number of methoxy groups -OCH3 is 2. The number of fused-ring (bicyclic) bond motifs is 1. The van der Waals surface area contributed by atoms with Gasteiger partial charge in [-0.25, -0.2) is 9.97 Å². The maximum atomic E-state index is 5.52. The molecule has 1 atom stereocenters. The fourth-order valence-corrected chi connectivity index (χ4v) is 4.53. The Labute approximate surface area is 188 Å². The van der Waals surface area contributed by atoms with Gasteiger partial charge in [-0.1, -0.05) is 12.1 Å². The summed E-state index contributed by atoms with van der Waals surface area (Å²) in [5.41, 5.74) is 3.38. The molecule has 5 rings (SSSR count). The van der Waals surface area contributed by atoms with Gasteiger partial charge in [-0.3, -0.25) is 0 Å². The summed E-state index contributed by atoms with van der Waals surface area (Å²) in [6.07, 6.45) is 1.62. The van der Waals surface area contributed by atoms with Gasteiger partial charge in [-0.15, -0.1) is 0 Å². The van der Waals surface area contributed by atoms with Crippen LogP contribution >= 0.6 is 0 Å². The van der Waals surface area contributed by atoms with Gasteiger partial charge in [0.1, 0.15) is 12.1 Å². The average molecular weight is 436 g/mol. The number of aromatic nitrogens is 2. The van der Waals surface area contributed by atoms with Gasteiger partial charge in [0.15, 0.2) is 11.5 Å². The highest BCUT2D eigenvalue weighted by Crippen LogP contribution is 2.35. The first-order valence-electron chi connectivity index (χ1n) is 11.0. The molecule has 0 bridgehead atoms. The van der Waals surface area contributed by atoms with Gasteiger partial charge in [-0.2, -0.15) is 0 Å². The molecule has 0 radical (unpaired) electrons. The van der Waals surface area contributed by atoms with Crippen molar-refractivity contribution in [1.82, 2.24) is 15.3 Å². The van der Waals surface area contributed by atoms with Crippen LogP contribution in [-0.4, -0.2) is 70.1 Å². The highest BCUT2D eigenvalue weighted by molar-refractivity contribution is 5.92. The summed E-state index contributed by atoms with van der Waals surface area (Å²) in [7, 11) is 3.28. The van der Waals surface area contributed by atoms with Gasteiger partial charge in [0.25, 0.3) is 0 Å². The Morgan fingerprint density at radius 2 is 1.69 bits per heavy atom. The molecule has 2 saturated heterocycles. The maximum Gasteiger partial charge on any atom is 0.162 e. The lowest BCUT2D eigenvalue weighted by Gasteiger charge is -2.35. The van der Waals surface area contributed by atoms with E-state index in [9.17, 15) is 0 Å². The van der Waals surface area contributed by atoms with Crippen LogP contribution in [0.25, 0.3) is 10.9 Å². The summed E-state index contributed by atoms with van der Waals surface area (Å²) >= 11 is 0. The molecule has 3 aromatic rings. The van der Waals surface area contributed by atoms with Crippen molar-refractivity contribution in [2.24, 2.45) is 0 Å². The summed E-state index contributed by atoms with van der Waals surface area (Å²) in [6.45, 7) is 6.08. The van der Waals surface area contributed by atoms with Gasteiger partial charge in [0, 0.05) is 55.9 Å². The molecule has 2 aliphatic rings. The Balaban J connectivity index is 1.38. The minimum atomic E-state index is 0.229. The van der Waals surface area contributed by atoms with E-state index in [2.05, 4.69) is 49.4 Å². The zero-order valence-electron chi connectivity index (χ0n) is 18.6. The van der Waals surface area contributed by atoms with Crippen molar-refractivity contribution in [3.63, 3.8) is 0 Å². The monoisotopic (exact) mass is 435 g/mol. The van der Waals surface area contributed by atoms with E-state index in [4.69, 9.17) is 14.2 Å². The first-order valence-corrected chi connectivity index (χ1v) is 11.0. The van der Waals surface area contributed by atoms with Crippen molar-refractivity contribution in [1.29, 1.82) is 0 Å². The molecule has 8 heteroatoms. The Morgan fingerprint density at radius 3 is 2.44 bits per heavy atom. The van der Waals surface area contributed by atoms with Crippen LogP contribution in [0.15, 0.2) is 42.7 Å². The molecular formula is C24H29N5O3. The topological polar surface area (TPSA) is 72.0 Å². The number of nitrogens with zero attached hydrogens (tertiary/aromatic N) is 4. The number of anilines is 2. The van der Waals surface area contributed by atoms with E-state index in [0.29, 0.717) is 11.5 Å². The fraction of sp³-hybridized carbons (Fsp3) is 0.417. The molecule has 8 nitrogen and oxygen atoms in total. The first-order chi connectivity index (χ1) is 15.8. The zero-order valence-corrected chi connectivity index (χ0v) is 18.6. The van der Waals surface area contributed by atoms with E-state index in [0.717, 1.165) is 62.7 Å². The molecule has 0 amide bonds. The van der Waals surface area contributed by atoms with Crippen LogP contribution in [0.5, 0.6) is 11.5 Å². The second-order valence-electron chi connectivity index (χ2n) is 8.07. The van der Waals surface area contributed by atoms with E-state index >= 15 is 0 Å². The van der Waals surface area contributed by atoms with E-state index in [1.165, 1.54) is 11.3 Å². The Kier molecular flexibility index (Phi) is 5.96. The number of ether oxygens (including phenoxy) is 3. The SMILES string of the molecule is COc1cc2ncnc(N3CCNC(c4ccc(N5CCOCC5)cc4)C3)c2cc1OC. The lowest BCUT2D eigenvalue weighted by atomic mass is 10.0. The lowest BCUT2D eigenvalue weighted by Crippen LogP contribution is -2.46. The molecule has 3 heterocycles. The van der Waals surface area contributed by atoms with E-state index < -0.39 is 0 Å². The van der Waals surface area contributed by atoms with Gasteiger partial charge >= 0.3 is 0 Å². The number of nitrogens with one attached hydrogen (secondary N) is 1. The largest absolute Gasteiger partial charge is 0.493 e. The second-order valence-corrected chi connectivity index (χ2v) is 8.07. The van der Waals surface area contributed by atoms with Crippen molar-refractivity contribution in [3.05, 3.63) is 48.3 Å². The third-order valence-corrected chi connectivity index (χ3v) is 6.27. The summed E-state index contributed by atoms with van der Waals surface area (Å²) < 4.78 is 16.4. The van der Waals surface area contributed by atoms with Crippen LogP contribution in [0.2, 0.25) is 0 Å². The van der Waals surface area contributed by atoms with Crippen molar-refractivity contribution < 1.29 is 14.2 Å². The van der Waals surface area contributed by atoms with Crippen LogP contribution in [0, 0.1) is 0 Å². The standard InChI is InChI=1S/C24H29N5O3/c1-30-22-13-19-20(14-23(22)31-2)26-16-27-24(19)29-8-7-25-21(15-29)17-3-5-18(6-4-17)28-9-11-32-12-10-28/h3-6,13-14,16,21,25H,7-12,15H2,1-2H3. The number of rotatable bonds is 5. The summed E-state index contributed by atoms with van der Waals surface area (Å²) in [6, 6.07) is 13.0. The highest BCUT2D eigenvalue weighted by atomic mass is 16.5. The minimum Gasteiger partial charge on any atom is -0.493 e. The van der Waals surface area contributed by atoms with Crippen LogP contribution in [0.1, 0.15) is 11.6 Å². The molecule has 2 aromatic carbocycles. The first kappa shape index (κ1) is 20.8. The predicted octanol–water partition coefficient (Wildman–Crippen LogP) is 2.63. The Bertz CT molecular complexity index is 1070. The van der Waals surface area contributed by atoms with Crippen molar-refractivity contribution in [2.75, 3.05) is 70.0 Å². The Morgan fingerprint density at radius 1 is 0.938 bits per heavy atom. The number of piperazine rings is 1. The minimum absolute atomic E-state index is 0.229. The van der Waals surface area contributed by atoms with Crippen molar-refractivity contribution in [2.45, 2.75) is 6.04 Å². The molecule has 0 spiro atoms. The summed E-state index contributed by atoms with van der Waals surface area (Å²) in [5.74, 6) is 2.28. The number of morpholine rings is 1. The van der Waals surface area contributed by atoms with Gasteiger partial charge < -0.3 is 29.3 Å². The summed E-state index contributed by atoms with van der Waals surface area (Å²) in [4.78, 5) is 13.8. The number of hydrogen-bond donors (Lipinski definition) is 1. The Hall–Kier alpha value is -3.10. The van der Waals surface area contributed by atoms with Crippen molar-refractivity contribution in [3.8, 4) is 11.5 Å². The zero-order chi connectivity index (χ0) is 21.9. The van der Waals surface area contributed by atoms with Crippen LogP contribution in [-0.2, 0) is 4.74 Å². The van der Waals surface area contributed by atoms with Crippen LogP contribution in [0.3, 0.4) is 0 Å². The van der Waals surface area contributed by atoms with Crippen LogP contribution in [0.4, 0.5) is 11.5 Å². The molecule has 2 fully saturated rings. The second kappa shape index (κ2) is 9.18. The van der Waals surface area contributed by atoms with E-state index in [1.807, 2.05) is 12.1 Å². The van der Waals surface area contributed by atoms with Crippen molar-refractivity contribution >= 4 is 22.4 Å². The third kappa shape index (κ3) is 4.03. The van der Waals surface area contributed by atoms with Crippen LogP contribution < -0.4 is 24.6 Å². The molecule has 1 aromatic heterocycles. The molecule has 2 aliphatic heterocycles. The smallest absolute Gasteiger partial charge is 0.162 e. The quantitative estimate of drug-likeness (QED) is 0.656. The molecule has 0 saturated carbocycles. The van der Waals surface area contributed by atoms with Gasteiger partial charge in [-0.05, 0) is 23.8 Å². The summed E-state index contributed by atoms with van der Waals surface area (Å²) in [5, 5.41) is 4.63. The van der Waals surface area contributed by atoms with E-state index in [1.54, 1.807) is 20.5 Å². The van der Waals surface area contributed by atoms with Gasteiger partial charge in [0.05, 0.1) is 33.0 Å². The molecule has 32 heavy (non-hydrogen) atoms. The molecular weight excluding hydrogens is 406 g/mol. The predicted molar refractivity (Wildman–Crippen MR) is 125 cm³/mol. The third-order valence-electron chi connectivity index (χ3n) is 6.27. The molecule has 168 valence electrons. The molecule has 1 N–H and O–H groups in total. The normalized spacial score (nSPS) is 19.2. The number of benzene rings is 2. The van der Waals surface area contributed by atoms with Gasteiger partial charge in [0.2, 0.25) is 0 Å². The highest BCUT2D eigenvalue weighted by Gasteiger charge is 2.24. The maximum absolute atomic E-state index is 5.52. The average Bonchev–Trinajstić information content (AvgIpc) is 2.88.